The van der Waals surface area contributed by atoms with E-state index in [2.05, 4.69) is 11.4 Å². The molecule has 2 amide bonds. The summed E-state index contributed by atoms with van der Waals surface area (Å²) in [6, 6.07) is 15.9. The first kappa shape index (κ1) is 20.9. The van der Waals surface area contributed by atoms with Crippen molar-refractivity contribution in [1.82, 2.24) is 9.88 Å². The fourth-order valence-electron chi connectivity index (χ4n) is 3.67. The van der Waals surface area contributed by atoms with Gasteiger partial charge in [-0.2, -0.15) is 0 Å². The average Bonchev–Trinajstić information content (AvgIpc) is 3.19. The minimum atomic E-state index is -0.0852. The summed E-state index contributed by atoms with van der Waals surface area (Å²) >= 11 is 3.05. The number of anilines is 1. The van der Waals surface area contributed by atoms with E-state index in [9.17, 15) is 9.59 Å². The van der Waals surface area contributed by atoms with E-state index in [-0.39, 0.29) is 23.6 Å². The van der Waals surface area contributed by atoms with Crippen molar-refractivity contribution < 1.29 is 9.59 Å². The average molecular weight is 440 g/mol. The van der Waals surface area contributed by atoms with E-state index in [0.717, 1.165) is 52.3 Å². The number of likely N-dealkylation sites (tertiary alicyclic amines) is 1. The lowest BCUT2D eigenvalue weighted by atomic mass is 10.0. The van der Waals surface area contributed by atoms with Gasteiger partial charge in [0.05, 0.1) is 27.8 Å². The van der Waals surface area contributed by atoms with Crippen LogP contribution in [0.3, 0.4) is 0 Å². The summed E-state index contributed by atoms with van der Waals surface area (Å²) < 4.78 is 1.16. The molecule has 1 N–H and O–H groups in total. The van der Waals surface area contributed by atoms with Crippen LogP contribution in [-0.2, 0) is 9.59 Å². The number of para-hydroxylation sites is 1. The Morgan fingerprint density at radius 2 is 1.93 bits per heavy atom. The Labute approximate surface area is 184 Å². The summed E-state index contributed by atoms with van der Waals surface area (Å²) in [5.41, 5.74) is 2.93. The summed E-state index contributed by atoms with van der Waals surface area (Å²) in [7, 11) is 0. The van der Waals surface area contributed by atoms with E-state index in [0.29, 0.717) is 5.75 Å². The molecule has 0 bridgehead atoms. The Kier molecular flexibility index (Phi) is 6.69. The number of hydrogen-bond donors (Lipinski definition) is 1. The van der Waals surface area contributed by atoms with Gasteiger partial charge in [0.25, 0.3) is 0 Å². The summed E-state index contributed by atoms with van der Waals surface area (Å²) in [5.74, 6) is 0.576. The summed E-state index contributed by atoms with van der Waals surface area (Å²) in [6.07, 6.45) is 3.08. The van der Waals surface area contributed by atoms with Crippen molar-refractivity contribution in [3.8, 4) is 0 Å². The summed E-state index contributed by atoms with van der Waals surface area (Å²) in [5, 5.41) is 3.90. The molecule has 2 heterocycles. The Morgan fingerprint density at radius 1 is 1.13 bits per heavy atom. The van der Waals surface area contributed by atoms with Gasteiger partial charge in [-0.25, -0.2) is 4.98 Å². The second kappa shape index (κ2) is 9.62. The van der Waals surface area contributed by atoms with E-state index in [4.69, 9.17) is 4.98 Å². The van der Waals surface area contributed by atoms with Gasteiger partial charge < -0.3 is 10.2 Å². The second-order valence-corrected chi connectivity index (χ2v) is 9.57. The van der Waals surface area contributed by atoms with Crippen LogP contribution >= 0.6 is 23.1 Å². The molecule has 1 saturated heterocycles. The van der Waals surface area contributed by atoms with Crippen LogP contribution in [-0.4, -0.2) is 39.7 Å². The zero-order chi connectivity index (χ0) is 20.9. The third kappa shape index (κ3) is 5.02. The van der Waals surface area contributed by atoms with Crippen LogP contribution in [0.5, 0.6) is 0 Å². The summed E-state index contributed by atoms with van der Waals surface area (Å²) in [6.45, 7) is 2.77. The molecular weight excluding hydrogens is 414 g/mol. The molecule has 1 aromatic heterocycles. The molecule has 5 nitrogen and oxygen atoms in total. The van der Waals surface area contributed by atoms with Crippen molar-refractivity contribution in [3.63, 3.8) is 0 Å². The number of rotatable bonds is 6. The lowest BCUT2D eigenvalue weighted by Crippen LogP contribution is -2.39. The molecule has 0 aliphatic carbocycles. The molecule has 30 heavy (non-hydrogen) atoms. The quantitative estimate of drug-likeness (QED) is 0.585. The van der Waals surface area contributed by atoms with Gasteiger partial charge in [-0.3, -0.25) is 9.59 Å². The van der Waals surface area contributed by atoms with Crippen molar-refractivity contribution in [3.05, 3.63) is 59.1 Å². The molecule has 0 radical (unpaired) electrons. The Bertz CT molecular complexity index is 999. The molecule has 4 rings (SSSR count). The van der Waals surface area contributed by atoms with Gasteiger partial charge in [0.2, 0.25) is 11.8 Å². The van der Waals surface area contributed by atoms with Gasteiger partial charge in [-0.1, -0.05) is 29.8 Å². The van der Waals surface area contributed by atoms with Crippen molar-refractivity contribution >= 4 is 50.8 Å². The Balaban J connectivity index is 1.33. The number of thiazole rings is 1. The number of benzene rings is 2. The monoisotopic (exact) mass is 439 g/mol. The van der Waals surface area contributed by atoms with Gasteiger partial charge in [0.1, 0.15) is 5.01 Å². The molecule has 2 aromatic carbocycles. The normalized spacial score (nSPS) is 16.6. The lowest BCUT2D eigenvalue weighted by Gasteiger charge is -2.34. The smallest absolute Gasteiger partial charge is 0.234 e. The van der Waals surface area contributed by atoms with Crippen LogP contribution in [0.25, 0.3) is 10.2 Å². The first-order valence-electron chi connectivity index (χ1n) is 10.2. The highest BCUT2D eigenvalue weighted by atomic mass is 32.2. The van der Waals surface area contributed by atoms with E-state index in [1.54, 1.807) is 11.3 Å². The van der Waals surface area contributed by atoms with Gasteiger partial charge in [0.15, 0.2) is 0 Å². The highest BCUT2D eigenvalue weighted by molar-refractivity contribution is 8.00. The van der Waals surface area contributed by atoms with Crippen molar-refractivity contribution in [2.45, 2.75) is 32.2 Å². The van der Waals surface area contributed by atoms with E-state index < -0.39 is 0 Å². The van der Waals surface area contributed by atoms with Crippen LogP contribution in [0.2, 0.25) is 0 Å². The number of aryl methyl sites for hydroxylation is 1. The van der Waals surface area contributed by atoms with Gasteiger partial charge >= 0.3 is 0 Å². The Morgan fingerprint density at radius 3 is 2.73 bits per heavy atom. The van der Waals surface area contributed by atoms with Gasteiger partial charge in [-0.05, 0) is 50.5 Å². The molecule has 1 unspecified atom stereocenters. The predicted octanol–water partition coefficient (Wildman–Crippen LogP) is 5.03. The maximum Gasteiger partial charge on any atom is 0.234 e. The van der Waals surface area contributed by atoms with Crippen molar-refractivity contribution in [2.24, 2.45) is 0 Å². The molecule has 0 spiro atoms. The minimum absolute atomic E-state index is 0.0469. The van der Waals surface area contributed by atoms with Gasteiger partial charge in [-0.15, -0.1) is 23.1 Å². The predicted molar refractivity (Wildman–Crippen MR) is 125 cm³/mol. The molecule has 0 saturated carbocycles. The third-order valence-corrected chi connectivity index (χ3v) is 7.27. The number of nitrogens with zero attached hydrogens (tertiary/aromatic N) is 2. The first-order valence-corrected chi connectivity index (χ1v) is 12.2. The van der Waals surface area contributed by atoms with Crippen LogP contribution in [0.15, 0.2) is 48.5 Å². The third-order valence-electron chi connectivity index (χ3n) is 5.21. The van der Waals surface area contributed by atoms with Crippen LogP contribution in [0.4, 0.5) is 5.69 Å². The van der Waals surface area contributed by atoms with E-state index >= 15 is 0 Å². The van der Waals surface area contributed by atoms with Crippen LogP contribution in [0, 0.1) is 6.92 Å². The first-order chi connectivity index (χ1) is 14.6. The van der Waals surface area contributed by atoms with Crippen LogP contribution in [0.1, 0.15) is 35.9 Å². The second-order valence-electron chi connectivity index (χ2n) is 7.53. The van der Waals surface area contributed by atoms with Crippen LogP contribution < -0.4 is 5.32 Å². The molecule has 1 aliphatic heterocycles. The number of carbonyl (C=O) groups is 2. The number of aromatic nitrogens is 1. The van der Waals surface area contributed by atoms with Crippen molar-refractivity contribution in [1.29, 1.82) is 0 Å². The highest BCUT2D eigenvalue weighted by Gasteiger charge is 2.30. The highest BCUT2D eigenvalue weighted by Crippen LogP contribution is 2.35. The van der Waals surface area contributed by atoms with E-state index in [1.165, 1.54) is 11.8 Å². The number of hydrogen-bond acceptors (Lipinski definition) is 5. The number of thioether (sulfide) groups is 1. The number of amides is 2. The molecule has 7 heteroatoms. The number of nitrogens with one attached hydrogen (secondary N) is 1. The van der Waals surface area contributed by atoms with Crippen molar-refractivity contribution in [2.75, 3.05) is 23.4 Å². The van der Waals surface area contributed by atoms with E-state index in [1.807, 2.05) is 54.3 Å². The number of fused-ring (bicyclic) bond motifs is 1. The zero-order valence-corrected chi connectivity index (χ0v) is 18.6. The zero-order valence-electron chi connectivity index (χ0n) is 17.0. The molecular formula is C23H25N3O2S2. The molecule has 1 atom stereocenters. The minimum Gasteiger partial charge on any atom is -0.333 e. The maximum atomic E-state index is 12.9. The standard InChI is InChI=1S/C23H25N3O2S2/c1-16-9-11-17(12-10-16)24-21(27)14-29-15-22(28)26-13-5-4-7-19(26)23-25-18-6-2-3-8-20(18)30-23/h2-3,6,8-12,19H,4-5,7,13-15H2,1H3,(H,24,27). The Hall–Kier alpha value is -2.38. The maximum absolute atomic E-state index is 12.9. The fraction of sp³-hybridized carbons (Fsp3) is 0.348. The largest absolute Gasteiger partial charge is 0.333 e. The number of carbonyl (C=O) groups excluding carboxylic acids is 2. The van der Waals surface area contributed by atoms with Gasteiger partial charge in [0, 0.05) is 12.2 Å². The lowest BCUT2D eigenvalue weighted by molar-refractivity contribution is -0.132. The summed E-state index contributed by atoms with van der Waals surface area (Å²) in [4.78, 5) is 31.8. The molecule has 1 fully saturated rings. The molecule has 3 aromatic rings. The fourth-order valence-corrected chi connectivity index (χ4v) is 5.48. The molecule has 1 aliphatic rings. The topological polar surface area (TPSA) is 62.3 Å². The molecule has 156 valence electrons. The number of piperidine rings is 1. The SMILES string of the molecule is Cc1ccc(NC(=O)CSCC(=O)N2CCCCC2c2nc3ccccc3s2)cc1.